The third-order valence-electron chi connectivity index (χ3n) is 3.29. The molecule has 0 amide bonds. The minimum Gasteiger partial charge on any atom is -0.481 e. The normalized spacial score (nSPS) is 16.2. The zero-order chi connectivity index (χ0) is 13.1. The molecule has 1 aromatic carbocycles. The summed E-state index contributed by atoms with van der Waals surface area (Å²) < 4.78 is 0. The van der Waals surface area contributed by atoms with Crippen LogP contribution in [0.4, 0.5) is 5.69 Å². The number of carboxylic acid groups (broad SMARTS) is 1. The molecule has 1 heterocycles. The van der Waals surface area contributed by atoms with E-state index < -0.39 is 12.1 Å². The molecule has 2 rings (SSSR count). The minimum absolute atomic E-state index is 0.197. The summed E-state index contributed by atoms with van der Waals surface area (Å²) in [6, 6.07) is 6.29. The second kappa shape index (κ2) is 5.40. The molecular weight excluding hydrogens is 230 g/mol. The van der Waals surface area contributed by atoms with E-state index in [4.69, 9.17) is 5.11 Å². The zero-order valence-electron chi connectivity index (χ0n) is 10.6. The molecule has 4 heteroatoms. The number of rotatable bonds is 4. The smallest absolute Gasteiger partial charge is 0.306 e. The molecule has 0 radical (unpaired) electrons. The lowest BCUT2D eigenvalue weighted by atomic mass is 9.99. The van der Waals surface area contributed by atoms with Crippen molar-refractivity contribution < 1.29 is 15.0 Å². The topological polar surface area (TPSA) is 60.8 Å². The van der Waals surface area contributed by atoms with Gasteiger partial charge in [0, 0.05) is 18.8 Å². The summed E-state index contributed by atoms with van der Waals surface area (Å²) in [5, 5.41) is 18.4. The molecule has 1 aromatic rings. The van der Waals surface area contributed by atoms with Crippen molar-refractivity contribution >= 4 is 11.7 Å². The zero-order valence-corrected chi connectivity index (χ0v) is 10.6. The lowest BCUT2D eigenvalue weighted by Gasteiger charge is -2.32. The Morgan fingerprint density at radius 1 is 1.50 bits per heavy atom. The van der Waals surface area contributed by atoms with E-state index >= 15 is 0 Å². The van der Waals surface area contributed by atoms with Crippen molar-refractivity contribution in [1.29, 1.82) is 0 Å². The van der Waals surface area contributed by atoms with E-state index in [1.54, 1.807) is 0 Å². The van der Waals surface area contributed by atoms with E-state index in [-0.39, 0.29) is 6.42 Å². The summed E-state index contributed by atoms with van der Waals surface area (Å²) in [5.41, 5.74) is 3.67. The van der Waals surface area contributed by atoms with Gasteiger partial charge < -0.3 is 15.1 Å². The number of aliphatic carboxylic acids is 1. The van der Waals surface area contributed by atoms with Crippen LogP contribution < -0.4 is 4.90 Å². The molecule has 0 aromatic heterocycles. The lowest BCUT2D eigenvalue weighted by molar-refractivity contribution is -0.139. The first-order chi connectivity index (χ1) is 8.56. The molecule has 98 valence electrons. The number of hydrogen-bond donors (Lipinski definition) is 2. The van der Waals surface area contributed by atoms with Gasteiger partial charge >= 0.3 is 5.97 Å². The maximum absolute atomic E-state index is 10.6. The van der Waals surface area contributed by atoms with E-state index in [1.165, 1.54) is 11.1 Å². The summed E-state index contributed by atoms with van der Waals surface area (Å²) in [6.07, 6.45) is 1.10. The van der Waals surface area contributed by atoms with E-state index in [0.29, 0.717) is 6.54 Å². The maximum Gasteiger partial charge on any atom is 0.306 e. The van der Waals surface area contributed by atoms with Crippen LogP contribution >= 0.6 is 0 Å². The van der Waals surface area contributed by atoms with Crippen LogP contribution in [0.15, 0.2) is 18.2 Å². The fraction of sp³-hybridized carbons (Fsp3) is 0.500. The first-order valence-electron chi connectivity index (χ1n) is 6.30. The molecule has 2 N–H and O–H groups in total. The van der Waals surface area contributed by atoms with Crippen molar-refractivity contribution in [3.8, 4) is 0 Å². The fourth-order valence-corrected chi connectivity index (χ4v) is 2.51. The number of hydrogen-bond acceptors (Lipinski definition) is 3. The van der Waals surface area contributed by atoms with Crippen molar-refractivity contribution in [2.24, 2.45) is 0 Å². The van der Waals surface area contributed by atoms with Crippen molar-refractivity contribution in [3.63, 3.8) is 0 Å². The van der Waals surface area contributed by atoms with E-state index in [9.17, 15) is 9.90 Å². The molecular formula is C14H19NO3. The third kappa shape index (κ3) is 3.01. The van der Waals surface area contributed by atoms with Gasteiger partial charge in [0.1, 0.15) is 0 Å². The van der Waals surface area contributed by atoms with Gasteiger partial charge in [-0.15, -0.1) is 0 Å². The standard InChI is InChI=1S/C14H19NO3/c1-10-4-5-13-11(7-10)3-2-6-15(13)9-12(16)8-14(17)18/h4-5,7,12,16H,2-3,6,8-9H2,1H3,(H,17,18). The Balaban J connectivity index is 2.10. The fourth-order valence-electron chi connectivity index (χ4n) is 2.51. The Morgan fingerprint density at radius 3 is 3.00 bits per heavy atom. The molecule has 1 aliphatic heterocycles. The van der Waals surface area contributed by atoms with Gasteiger partial charge in [-0.25, -0.2) is 0 Å². The molecule has 1 aliphatic rings. The van der Waals surface area contributed by atoms with Crippen LogP contribution in [-0.4, -0.2) is 35.4 Å². The largest absolute Gasteiger partial charge is 0.481 e. The van der Waals surface area contributed by atoms with Crippen LogP contribution in [0.25, 0.3) is 0 Å². The van der Waals surface area contributed by atoms with Crippen LogP contribution in [0, 0.1) is 6.92 Å². The molecule has 1 atom stereocenters. The maximum atomic E-state index is 10.6. The second-order valence-electron chi connectivity index (χ2n) is 4.93. The van der Waals surface area contributed by atoms with Crippen molar-refractivity contribution in [2.75, 3.05) is 18.0 Å². The second-order valence-corrected chi connectivity index (χ2v) is 4.93. The number of aryl methyl sites for hydroxylation is 2. The van der Waals surface area contributed by atoms with E-state index in [1.807, 2.05) is 0 Å². The molecule has 1 unspecified atom stereocenters. The highest BCUT2D eigenvalue weighted by Gasteiger charge is 2.20. The van der Waals surface area contributed by atoms with Gasteiger partial charge in [0.15, 0.2) is 0 Å². The third-order valence-corrected chi connectivity index (χ3v) is 3.29. The van der Waals surface area contributed by atoms with Gasteiger partial charge in [-0.2, -0.15) is 0 Å². The van der Waals surface area contributed by atoms with Gasteiger partial charge in [0.05, 0.1) is 12.5 Å². The average Bonchev–Trinajstić information content (AvgIpc) is 2.27. The summed E-state index contributed by atoms with van der Waals surface area (Å²) >= 11 is 0. The summed E-state index contributed by atoms with van der Waals surface area (Å²) in [5.74, 6) is -0.955. The predicted molar refractivity (Wildman–Crippen MR) is 70.0 cm³/mol. The molecule has 0 spiro atoms. The highest BCUT2D eigenvalue weighted by atomic mass is 16.4. The predicted octanol–water partition coefficient (Wildman–Crippen LogP) is 1.58. The SMILES string of the molecule is Cc1ccc2c(c1)CCCN2CC(O)CC(=O)O. The summed E-state index contributed by atoms with van der Waals surface area (Å²) in [7, 11) is 0. The number of nitrogens with zero attached hydrogens (tertiary/aromatic N) is 1. The van der Waals surface area contributed by atoms with Gasteiger partial charge in [-0.3, -0.25) is 4.79 Å². The first kappa shape index (κ1) is 12.9. The summed E-state index contributed by atoms with van der Waals surface area (Å²) in [6.45, 7) is 3.34. The van der Waals surface area contributed by atoms with Crippen LogP contribution in [0.2, 0.25) is 0 Å². The number of carboxylic acids is 1. The molecule has 0 saturated carbocycles. The van der Waals surface area contributed by atoms with Gasteiger partial charge in [-0.1, -0.05) is 17.7 Å². The van der Waals surface area contributed by atoms with Crippen LogP contribution in [0.5, 0.6) is 0 Å². The van der Waals surface area contributed by atoms with Crippen molar-refractivity contribution in [3.05, 3.63) is 29.3 Å². The minimum atomic E-state index is -0.955. The average molecular weight is 249 g/mol. The van der Waals surface area contributed by atoms with Crippen molar-refractivity contribution in [2.45, 2.75) is 32.3 Å². The Bertz CT molecular complexity index is 445. The molecule has 4 nitrogen and oxygen atoms in total. The number of aliphatic hydroxyl groups excluding tert-OH is 1. The quantitative estimate of drug-likeness (QED) is 0.850. The molecule has 0 aliphatic carbocycles. The monoisotopic (exact) mass is 249 g/mol. The molecule has 0 fully saturated rings. The highest BCUT2D eigenvalue weighted by Crippen LogP contribution is 2.28. The Hall–Kier alpha value is -1.55. The number of aliphatic hydroxyl groups is 1. The van der Waals surface area contributed by atoms with Gasteiger partial charge in [0.25, 0.3) is 0 Å². The molecule has 0 saturated heterocycles. The van der Waals surface area contributed by atoms with Crippen molar-refractivity contribution in [1.82, 2.24) is 0 Å². The number of carbonyl (C=O) groups is 1. The highest BCUT2D eigenvalue weighted by molar-refractivity contribution is 5.67. The van der Waals surface area contributed by atoms with E-state index in [2.05, 4.69) is 30.0 Å². The molecule has 18 heavy (non-hydrogen) atoms. The van der Waals surface area contributed by atoms with E-state index in [0.717, 1.165) is 25.1 Å². The van der Waals surface area contributed by atoms with Crippen LogP contribution in [-0.2, 0) is 11.2 Å². The molecule has 0 bridgehead atoms. The van der Waals surface area contributed by atoms with Crippen LogP contribution in [0.1, 0.15) is 24.0 Å². The lowest BCUT2D eigenvalue weighted by Crippen LogP contribution is -2.37. The van der Waals surface area contributed by atoms with Gasteiger partial charge in [0.2, 0.25) is 0 Å². The Labute approximate surface area is 107 Å². The van der Waals surface area contributed by atoms with Gasteiger partial charge in [-0.05, 0) is 31.4 Å². The van der Waals surface area contributed by atoms with Crippen LogP contribution in [0.3, 0.4) is 0 Å². The Kier molecular flexibility index (Phi) is 3.87. The Morgan fingerprint density at radius 2 is 2.28 bits per heavy atom. The first-order valence-corrected chi connectivity index (χ1v) is 6.30. The number of benzene rings is 1. The number of fused-ring (bicyclic) bond motifs is 1. The number of β-amino-alcohol motifs (C(OH)–C–C–N with tert-alkyl or cyclic N) is 1. The number of anilines is 1. The summed E-state index contributed by atoms with van der Waals surface area (Å²) in [4.78, 5) is 12.7.